The minimum absolute atomic E-state index is 0.127. The number of amides is 3. The van der Waals surface area contributed by atoms with Crippen molar-refractivity contribution in [2.75, 3.05) is 29.2 Å². The van der Waals surface area contributed by atoms with E-state index in [2.05, 4.69) is 16.0 Å². The van der Waals surface area contributed by atoms with Crippen LogP contribution >= 0.6 is 0 Å². The molecule has 0 radical (unpaired) electrons. The van der Waals surface area contributed by atoms with Gasteiger partial charge in [0.15, 0.2) is 0 Å². The van der Waals surface area contributed by atoms with Crippen molar-refractivity contribution in [2.45, 2.75) is 27.2 Å². The summed E-state index contributed by atoms with van der Waals surface area (Å²) in [6.07, 6.45) is 0.127. The maximum atomic E-state index is 12.8. The predicted molar refractivity (Wildman–Crippen MR) is 136 cm³/mol. The van der Waals surface area contributed by atoms with Crippen LogP contribution < -0.4 is 25.4 Å². The molecule has 8 nitrogen and oxygen atoms in total. The molecule has 0 saturated carbocycles. The topological polar surface area (TPSA) is 106 Å². The van der Waals surface area contributed by atoms with Crippen LogP contribution in [0.1, 0.15) is 36.7 Å². The van der Waals surface area contributed by atoms with Crippen LogP contribution in [0.15, 0.2) is 66.7 Å². The fourth-order valence-electron chi connectivity index (χ4n) is 3.38. The third-order valence-corrected chi connectivity index (χ3v) is 4.88. The zero-order chi connectivity index (χ0) is 25.2. The molecule has 35 heavy (non-hydrogen) atoms. The van der Waals surface area contributed by atoms with Gasteiger partial charge in [-0.2, -0.15) is 0 Å². The molecule has 0 saturated heterocycles. The fourth-order valence-corrected chi connectivity index (χ4v) is 3.38. The van der Waals surface area contributed by atoms with Crippen molar-refractivity contribution in [2.24, 2.45) is 0 Å². The number of ether oxygens (including phenoxy) is 2. The van der Waals surface area contributed by atoms with Gasteiger partial charge < -0.3 is 25.4 Å². The molecule has 3 aromatic carbocycles. The highest BCUT2D eigenvalue weighted by Crippen LogP contribution is 2.37. The van der Waals surface area contributed by atoms with E-state index in [1.807, 2.05) is 19.9 Å². The molecule has 0 aliphatic rings. The first-order valence-electron chi connectivity index (χ1n) is 11.4. The third-order valence-electron chi connectivity index (χ3n) is 4.88. The summed E-state index contributed by atoms with van der Waals surface area (Å²) < 4.78 is 11.5. The molecule has 0 unspecified atom stereocenters. The Morgan fingerprint density at radius 2 is 1.31 bits per heavy atom. The van der Waals surface area contributed by atoms with Crippen molar-refractivity contribution in [1.29, 1.82) is 0 Å². The Morgan fingerprint density at radius 3 is 1.86 bits per heavy atom. The largest absolute Gasteiger partial charge is 0.492 e. The molecule has 3 rings (SSSR count). The maximum absolute atomic E-state index is 12.8. The molecule has 0 heterocycles. The Balaban J connectivity index is 1.80. The molecule has 0 bridgehead atoms. The van der Waals surface area contributed by atoms with E-state index in [-0.39, 0.29) is 24.1 Å². The minimum Gasteiger partial charge on any atom is -0.492 e. The van der Waals surface area contributed by atoms with Crippen LogP contribution in [0, 0.1) is 0 Å². The summed E-state index contributed by atoms with van der Waals surface area (Å²) in [7, 11) is 0. The van der Waals surface area contributed by atoms with Gasteiger partial charge in [0.1, 0.15) is 11.5 Å². The van der Waals surface area contributed by atoms with E-state index in [9.17, 15) is 14.4 Å². The lowest BCUT2D eigenvalue weighted by atomic mass is 10.1. The third kappa shape index (κ3) is 7.33. The minimum atomic E-state index is -0.284. The Morgan fingerprint density at radius 1 is 0.743 bits per heavy atom. The number of hydrogen-bond donors (Lipinski definition) is 3. The number of rotatable bonds is 10. The van der Waals surface area contributed by atoms with Gasteiger partial charge in [0.05, 0.1) is 31.0 Å². The monoisotopic (exact) mass is 475 g/mol. The van der Waals surface area contributed by atoms with Gasteiger partial charge in [-0.15, -0.1) is 0 Å². The number of hydrogen-bond acceptors (Lipinski definition) is 5. The molecule has 0 fully saturated rings. The van der Waals surface area contributed by atoms with Gasteiger partial charge in [-0.3, -0.25) is 14.4 Å². The standard InChI is InChI=1S/C27H29N3O5/c1-4-34-24-17-23(30-27(33)20-9-7-6-8-10-20)25(35-5-2)16-22(24)29-26(32)15-19-11-13-21(14-12-19)28-18(3)31/h6-14,16-17H,4-5,15H2,1-3H3,(H,28,31)(H,29,32)(H,30,33). The van der Waals surface area contributed by atoms with Crippen molar-refractivity contribution >= 4 is 34.8 Å². The van der Waals surface area contributed by atoms with E-state index in [1.54, 1.807) is 60.7 Å². The highest BCUT2D eigenvalue weighted by atomic mass is 16.5. The Labute approximate surface area is 204 Å². The molecule has 3 aromatic rings. The van der Waals surface area contributed by atoms with Crippen molar-refractivity contribution in [3.63, 3.8) is 0 Å². The summed E-state index contributed by atoms with van der Waals surface area (Å²) in [6, 6.07) is 19.2. The molecule has 0 aliphatic carbocycles. The molecule has 3 amide bonds. The van der Waals surface area contributed by atoms with Gasteiger partial charge in [-0.05, 0) is 43.7 Å². The Bertz CT molecular complexity index is 1180. The number of nitrogens with one attached hydrogen (secondary N) is 3. The zero-order valence-corrected chi connectivity index (χ0v) is 20.0. The van der Waals surface area contributed by atoms with Crippen LogP contribution in [0.5, 0.6) is 11.5 Å². The van der Waals surface area contributed by atoms with Crippen LogP contribution in [0.2, 0.25) is 0 Å². The van der Waals surface area contributed by atoms with Gasteiger partial charge in [-0.1, -0.05) is 30.3 Å². The average Bonchev–Trinajstić information content (AvgIpc) is 2.83. The van der Waals surface area contributed by atoms with E-state index in [0.717, 1.165) is 5.56 Å². The summed E-state index contributed by atoms with van der Waals surface area (Å²) in [5.74, 6) is 0.131. The molecular weight excluding hydrogens is 446 g/mol. The van der Waals surface area contributed by atoms with Gasteiger partial charge in [0.25, 0.3) is 5.91 Å². The molecule has 0 atom stereocenters. The first kappa shape index (κ1) is 25.3. The Hall–Kier alpha value is -4.33. The number of carbonyl (C=O) groups excluding carboxylic acids is 3. The van der Waals surface area contributed by atoms with E-state index in [1.165, 1.54) is 6.92 Å². The highest BCUT2D eigenvalue weighted by Gasteiger charge is 2.17. The van der Waals surface area contributed by atoms with Gasteiger partial charge in [0, 0.05) is 30.3 Å². The molecule has 3 N–H and O–H groups in total. The zero-order valence-electron chi connectivity index (χ0n) is 20.0. The molecular formula is C27H29N3O5. The number of carbonyl (C=O) groups is 3. The Kier molecular flexibility index (Phi) is 8.83. The fraction of sp³-hybridized carbons (Fsp3) is 0.222. The van der Waals surface area contributed by atoms with E-state index in [0.29, 0.717) is 47.3 Å². The number of benzene rings is 3. The maximum Gasteiger partial charge on any atom is 0.255 e. The van der Waals surface area contributed by atoms with Gasteiger partial charge >= 0.3 is 0 Å². The lowest BCUT2D eigenvalue weighted by Crippen LogP contribution is -2.17. The second kappa shape index (κ2) is 12.2. The molecule has 0 aliphatic heterocycles. The predicted octanol–water partition coefficient (Wildman–Crippen LogP) is 4.88. The van der Waals surface area contributed by atoms with Crippen molar-refractivity contribution in [3.05, 3.63) is 77.9 Å². The van der Waals surface area contributed by atoms with Crippen LogP contribution in [0.3, 0.4) is 0 Å². The summed E-state index contributed by atoms with van der Waals surface area (Å²) in [5.41, 5.74) is 2.83. The van der Waals surface area contributed by atoms with Crippen LogP contribution in [-0.4, -0.2) is 30.9 Å². The van der Waals surface area contributed by atoms with Gasteiger partial charge in [0.2, 0.25) is 11.8 Å². The average molecular weight is 476 g/mol. The smallest absolute Gasteiger partial charge is 0.255 e. The van der Waals surface area contributed by atoms with Crippen LogP contribution in [-0.2, 0) is 16.0 Å². The second-order valence-electron chi connectivity index (χ2n) is 7.63. The van der Waals surface area contributed by atoms with E-state index in [4.69, 9.17) is 9.47 Å². The first-order valence-corrected chi connectivity index (χ1v) is 11.4. The quantitative estimate of drug-likeness (QED) is 0.388. The van der Waals surface area contributed by atoms with E-state index >= 15 is 0 Å². The van der Waals surface area contributed by atoms with Crippen molar-refractivity contribution < 1.29 is 23.9 Å². The van der Waals surface area contributed by atoms with Crippen molar-refractivity contribution in [1.82, 2.24) is 0 Å². The van der Waals surface area contributed by atoms with Crippen LogP contribution in [0.4, 0.5) is 17.1 Å². The SMILES string of the molecule is CCOc1cc(NC(=O)c2ccccc2)c(OCC)cc1NC(=O)Cc1ccc(NC(C)=O)cc1. The van der Waals surface area contributed by atoms with E-state index < -0.39 is 0 Å². The molecule has 0 aromatic heterocycles. The highest BCUT2D eigenvalue weighted by molar-refractivity contribution is 6.05. The summed E-state index contributed by atoms with van der Waals surface area (Å²) in [4.78, 5) is 36.6. The molecule has 182 valence electrons. The van der Waals surface area contributed by atoms with Crippen LogP contribution in [0.25, 0.3) is 0 Å². The second-order valence-corrected chi connectivity index (χ2v) is 7.63. The first-order chi connectivity index (χ1) is 16.9. The summed E-state index contributed by atoms with van der Waals surface area (Å²) in [6.45, 7) is 5.85. The normalized spacial score (nSPS) is 10.3. The molecule has 0 spiro atoms. The summed E-state index contributed by atoms with van der Waals surface area (Å²) >= 11 is 0. The number of anilines is 3. The lowest BCUT2D eigenvalue weighted by Gasteiger charge is -2.18. The van der Waals surface area contributed by atoms with Gasteiger partial charge in [-0.25, -0.2) is 0 Å². The van der Waals surface area contributed by atoms with Crippen molar-refractivity contribution in [3.8, 4) is 11.5 Å². The molecule has 8 heteroatoms. The lowest BCUT2D eigenvalue weighted by molar-refractivity contribution is -0.116. The summed E-state index contributed by atoms with van der Waals surface area (Å²) in [5, 5.41) is 8.43.